The van der Waals surface area contributed by atoms with Crippen molar-refractivity contribution in [1.29, 1.82) is 0 Å². The molecule has 5 heteroatoms. The lowest BCUT2D eigenvalue weighted by atomic mass is 9.90. The standard InChI is InChI=1S/C11H10F3NO/c1-7(16)10(4-5-10)8-3-2-6-15-9(8)11(12,13)14/h2-3,6H,4-5H2,1H3. The minimum atomic E-state index is -4.50. The average molecular weight is 229 g/mol. The molecule has 0 bridgehead atoms. The van der Waals surface area contributed by atoms with Crippen LogP contribution in [-0.4, -0.2) is 10.8 Å². The molecule has 0 saturated heterocycles. The summed E-state index contributed by atoms with van der Waals surface area (Å²) < 4.78 is 38.1. The van der Waals surface area contributed by atoms with Gasteiger partial charge in [0, 0.05) is 6.20 Å². The van der Waals surface area contributed by atoms with Crippen LogP contribution in [0, 0.1) is 0 Å². The molecule has 0 N–H and O–H groups in total. The van der Waals surface area contributed by atoms with Gasteiger partial charge in [-0.3, -0.25) is 9.78 Å². The average Bonchev–Trinajstić information content (AvgIpc) is 2.97. The number of alkyl halides is 3. The van der Waals surface area contributed by atoms with Gasteiger partial charge >= 0.3 is 6.18 Å². The van der Waals surface area contributed by atoms with E-state index >= 15 is 0 Å². The summed E-state index contributed by atoms with van der Waals surface area (Å²) in [6, 6.07) is 2.79. The van der Waals surface area contributed by atoms with E-state index in [0.717, 1.165) is 6.20 Å². The van der Waals surface area contributed by atoms with Crippen LogP contribution in [0.5, 0.6) is 0 Å². The van der Waals surface area contributed by atoms with Crippen LogP contribution in [0.4, 0.5) is 13.2 Å². The van der Waals surface area contributed by atoms with E-state index in [2.05, 4.69) is 4.98 Å². The minimum Gasteiger partial charge on any atom is -0.299 e. The Hall–Kier alpha value is -1.39. The first-order valence-corrected chi connectivity index (χ1v) is 4.92. The Morgan fingerprint density at radius 3 is 2.50 bits per heavy atom. The normalized spacial score (nSPS) is 18.2. The number of nitrogens with zero attached hydrogens (tertiary/aromatic N) is 1. The molecule has 16 heavy (non-hydrogen) atoms. The first-order chi connectivity index (χ1) is 7.38. The molecule has 1 aromatic heterocycles. The number of pyridine rings is 1. The van der Waals surface area contributed by atoms with Gasteiger partial charge in [-0.15, -0.1) is 0 Å². The molecule has 0 radical (unpaired) electrons. The number of Topliss-reactive ketones (excluding diaryl/α,β-unsaturated/α-hetero) is 1. The Balaban J connectivity index is 2.54. The van der Waals surface area contributed by atoms with Crippen molar-refractivity contribution in [2.45, 2.75) is 31.4 Å². The first-order valence-electron chi connectivity index (χ1n) is 4.92. The second-order valence-corrected chi connectivity index (χ2v) is 4.04. The number of ketones is 1. The number of aromatic nitrogens is 1. The molecule has 1 heterocycles. The van der Waals surface area contributed by atoms with Crippen LogP contribution >= 0.6 is 0 Å². The number of rotatable bonds is 2. The van der Waals surface area contributed by atoms with Gasteiger partial charge in [-0.05, 0) is 31.4 Å². The summed E-state index contributed by atoms with van der Waals surface area (Å²) in [5.41, 5.74) is -1.84. The molecule has 1 fully saturated rings. The van der Waals surface area contributed by atoms with Crippen molar-refractivity contribution >= 4 is 5.78 Å². The third-order valence-electron chi connectivity index (χ3n) is 3.02. The van der Waals surface area contributed by atoms with Gasteiger partial charge in [-0.1, -0.05) is 6.07 Å². The summed E-state index contributed by atoms with van der Waals surface area (Å²) in [5, 5.41) is 0. The van der Waals surface area contributed by atoms with Crippen molar-refractivity contribution in [2.75, 3.05) is 0 Å². The van der Waals surface area contributed by atoms with Crippen LogP contribution in [0.15, 0.2) is 18.3 Å². The van der Waals surface area contributed by atoms with E-state index < -0.39 is 17.3 Å². The molecule has 0 aromatic carbocycles. The lowest BCUT2D eigenvalue weighted by molar-refractivity contribution is -0.142. The van der Waals surface area contributed by atoms with Crippen molar-refractivity contribution in [1.82, 2.24) is 4.98 Å². The maximum Gasteiger partial charge on any atom is 0.433 e. The third kappa shape index (κ3) is 1.60. The van der Waals surface area contributed by atoms with Crippen LogP contribution in [-0.2, 0) is 16.4 Å². The summed E-state index contributed by atoms with van der Waals surface area (Å²) in [6.45, 7) is 1.33. The highest BCUT2D eigenvalue weighted by molar-refractivity contribution is 5.91. The van der Waals surface area contributed by atoms with Crippen molar-refractivity contribution < 1.29 is 18.0 Å². The van der Waals surface area contributed by atoms with E-state index in [1.807, 2.05) is 0 Å². The Labute approximate surface area is 90.5 Å². The number of hydrogen-bond acceptors (Lipinski definition) is 2. The molecule has 1 aliphatic carbocycles. The van der Waals surface area contributed by atoms with E-state index in [1.165, 1.54) is 19.1 Å². The monoisotopic (exact) mass is 229 g/mol. The molecule has 0 unspecified atom stereocenters. The zero-order valence-electron chi connectivity index (χ0n) is 8.64. The van der Waals surface area contributed by atoms with Gasteiger partial charge in [0.1, 0.15) is 11.5 Å². The van der Waals surface area contributed by atoms with Gasteiger partial charge in [0.25, 0.3) is 0 Å². The van der Waals surface area contributed by atoms with Gasteiger partial charge in [-0.2, -0.15) is 13.2 Å². The molecule has 0 spiro atoms. The number of carbonyl (C=O) groups excluding carboxylic acids is 1. The quantitative estimate of drug-likeness (QED) is 0.780. The molecule has 1 aliphatic rings. The predicted molar refractivity (Wildman–Crippen MR) is 50.8 cm³/mol. The fourth-order valence-electron chi connectivity index (χ4n) is 1.95. The highest BCUT2D eigenvalue weighted by Gasteiger charge is 2.53. The molecular weight excluding hydrogens is 219 g/mol. The van der Waals surface area contributed by atoms with Crippen LogP contribution in [0.1, 0.15) is 31.0 Å². The Morgan fingerprint density at radius 2 is 2.06 bits per heavy atom. The lowest BCUT2D eigenvalue weighted by Gasteiger charge is -2.17. The molecule has 86 valence electrons. The van der Waals surface area contributed by atoms with Crippen LogP contribution < -0.4 is 0 Å². The molecule has 0 atom stereocenters. The van der Waals surface area contributed by atoms with E-state index in [1.54, 1.807) is 0 Å². The van der Waals surface area contributed by atoms with Crippen molar-refractivity contribution in [3.8, 4) is 0 Å². The van der Waals surface area contributed by atoms with Gasteiger partial charge in [-0.25, -0.2) is 0 Å². The second kappa shape index (κ2) is 3.30. The van der Waals surface area contributed by atoms with Gasteiger partial charge in [0.15, 0.2) is 0 Å². The van der Waals surface area contributed by atoms with E-state index in [9.17, 15) is 18.0 Å². The highest BCUT2D eigenvalue weighted by atomic mass is 19.4. The number of carbonyl (C=O) groups is 1. The SMILES string of the molecule is CC(=O)C1(c2cccnc2C(F)(F)F)CC1. The summed E-state index contributed by atoms with van der Waals surface area (Å²) in [6.07, 6.45) is -2.43. The zero-order chi connectivity index (χ0) is 12.0. The largest absolute Gasteiger partial charge is 0.433 e. The lowest BCUT2D eigenvalue weighted by Crippen LogP contribution is -2.23. The maximum absolute atomic E-state index is 12.7. The second-order valence-electron chi connectivity index (χ2n) is 4.04. The Kier molecular flexibility index (Phi) is 2.29. The fourth-order valence-corrected chi connectivity index (χ4v) is 1.95. The van der Waals surface area contributed by atoms with Gasteiger partial charge in [0.2, 0.25) is 0 Å². The molecule has 2 rings (SSSR count). The zero-order valence-corrected chi connectivity index (χ0v) is 8.64. The fraction of sp³-hybridized carbons (Fsp3) is 0.455. The number of hydrogen-bond donors (Lipinski definition) is 0. The van der Waals surface area contributed by atoms with Crippen molar-refractivity contribution in [3.05, 3.63) is 29.6 Å². The Bertz CT molecular complexity index is 435. The molecule has 0 amide bonds. The molecule has 1 aromatic rings. The summed E-state index contributed by atoms with van der Waals surface area (Å²) >= 11 is 0. The van der Waals surface area contributed by atoms with E-state index in [0.29, 0.717) is 12.8 Å². The smallest absolute Gasteiger partial charge is 0.299 e. The third-order valence-corrected chi connectivity index (χ3v) is 3.02. The van der Waals surface area contributed by atoms with Gasteiger partial charge < -0.3 is 0 Å². The molecular formula is C11H10F3NO. The molecule has 1 saturated carbocycles. The topological polar surface area (TPSA) is 30.0 Å². The molecule has 0 aliphatic heterocycles. The van der Waals surface area contributed by atoms with Crippen LogP contribution in [0.25, 0.3) is 0 Å². The van der Waals surface area contributed by atoms with Crippen molar-refractivity contribution in [3.63, 3.8) is 0 Å². The van der Waals surface area contributed by atoms with Crippen LogP contribution in [0.2, 0.25) is 0 Å². The van der Waals surface area contributed by atoms with E-state index in [-0.39, 0.29) is 11.3 Å². The summed E-state index contributed by atoms with van der Waals surface area (Å²) in [5.74, 6) is -0.217. The maximum atomic E-state index is 12.7. The Morgan fingerprint density at radius 1 is 1.44 bits per heavy atom. The first kappa shape index (κ1) is 11.1. The van der Waals surface area contributed by atoms with Crippen molar-refractivity contribution in [2.24, 2.45) is 0 Å². The molecule has 2 nitrogen and oxygen atoms in total. The predicted octanol–water partition coefficient (Wildman–Crippen LogP) is 2.72. The van der Waals surface area contributed by atoms with E-state index in [4.69, 9.17) is 0 Å². The highest BCUT2D eigenvalue weighted by Crippen LogP contribution is 2.51. The van der Waals surface area contributed by atoms with Crippen LogP contribution in [0.3, 0.4) is 0 Å². The summed E-state index contributed by atoms with van der Waals surface area (Å²) in [7, 11) is 0. The number of halogens is 3. The summed E-state index contributed by atoms with van der Waals surface area (Å²) in [4.78, 5) is 14.8. The van der Waals surface area contributed by atoms with Gasteiger partial charge in [0.05, 0.1) is 5.41 Å². The minimum absolute atomic E-state index is 0.0231.